The van der Waals surface area contributed by atoms with E-state index in [1.165, 1.54) is 55.2 Å². The normalized spacial score (nSPS) is 11.6. The lowest BCUT2D eigenvalue weighted by Crippen LogP contribution is -2.12. The topological polar surface area (TPSA) is 21.3 Å². The molecule has 0 saturated carbocycles. The standard InChI is InChI=1S/C56H40N2O/c1-37-16-15-21-43(34-37)58(53-36-49(40-19-7-4-8-20-40)48(35-38(53)2)39-17-5-3-6-18-39)52-33-32-44(56-55(52)47-24-11-14-27-54(47)59-56)41-28-30-42(31-29-41)57-50-25-12-9-22-45(50)46-23-10-13-26-51(46)57/h3-36H,1-2H3. The Morgan fingerprint density at radius 2 is 1.00 bits per heavy atom. The highest BCUT2D eigenvalue weighted by Crippen LogP contribution is 2.49. The average Bonchev–Trinajstić information content (AvgIpc) is 3.85. The average molecular weight is 757 g/mol. The van der Waals surface area contributed by atoms with Gasteiger partial charge >= 0.3 is 0 Å². The van der Waals surface area contributed by atoms with Gasteiger partial charge in [-0.15, -0.1) is 0 Å². The van der Waals surface area contributed by atoms with Crippen molar-refractivity contribution in [3.05, 3.63) is 217 Å². The summed E-state index contributed by atoms with van der Waals surface area (Å²) in [7, 11) is 0. The quantitative estimate of drug-likeness (QED) is 0.161. The van der Waals surface area contributed by atoms with Gasteiger partial charge in [0.05, 0.1) is 22.1 Å². The van der Waals surface area contributed by atoms with Crippen molar-refractivity contribution < 1.29 is 4.42 Å². The van der Waals surface area contributed by atoms with Crippen LogP contribution in [0.1, 0.15) is 11.1 Å². The zero-order chi connectivity index (χ0) is 39.5. The van der Waals surface area contributed by atoms with Crippen molar-refractivity contribution in [1.29, 1.82) is 0 Å². The number of furan rings is 1. The van der Waals surface area contributed by atoms with Gasteiger partial charge in [0.25, 0.3) is 0 Å². The second-order valence-corrected chi connectivity index (χ2v) is 15.4. The van der Waals surface area contributed by atoms with E-state index in [-0.39, 0.29) is 0 Å². The molecule has 0 unspecified atom stereocenters. The van der Waals surface area contributed by atoms with Gasteiger partial charge in [-0.2, -0.15) is 0 Å². The van der Waals surface area contributed by atoms with E-state index >= 15 is 0 Å². The third kappa shape index (κ3) is 5.82. The first-order chi connectivity index (χ1) is 29.1. The first-order valence-corrected chi connectivity index (χ1v) is 20.3. The Hall–Kier alpha value is -7.62. The lowest BCUT2D eigenvalue weighted by Gasteiger charge is -2.30. The van der Waals surface area contributed by atoms with Gasteiger partial charge < -0.3 is 13.9 Å². The number of hydrogen-bond donors (Lipinski definition) is 0. The van der Waals surface area contributed by atoms with Crippen LogP contribution in [0.2, 0.25) is 0 Å². The Kier molecular flexibility index (Phi) is 8.27. The van der Waals surface area contributed by atoms with E-state index in [4.69, 9.17) is 4.42 Å². The van der Waals surface area contributed by atoms with Gasteiger partial charge in [-0.1, -0.05) is 140 Å². The van der Waals surface area contributed by atoms with Crippen LogP contribution in [0.15, 0.2) is 211 Å². The maximum Gasteiger partial charge on any atom is 0.145 e. The highest BCUT2D eigenvalue weighted by Gasteiger charge is 2.25. The SMILES string of the molecule is Cc1cccc(N(c2cc(-c3ccccc3)c(-c3ccccc3)cc2C)c2ccc(-c3ccc(-n4c5ccccc5c5ccccc54)cc3)c3oc4ccccc4c23)c1. The van der Waals surface area contributed by atoms with Crippen LogP contribution >= 0.6 is 0 Å². The summed E-state index contributed by atoms with van der Waals surface area (Å²) in [6, 6.07) is 74.2. The molecule has 11 rings (SSSR count). The molecule has 0 fully saturated rings. The van der Waals surface area contributed by atoms with Crippen LogP contribution in [0.3, 0.4) is 0 Å². The Balaban J connectivity index is 1.12. The van der Waals surface area contributed by atoms with Crippen molar-refractivity contribution in [3.63, 3.8) is 0 Å². The van der Waals surface area contributed by atoms with Gasteiger partial charge in [0.1, 0.15) is 11.2 Å². The van der Waals surface area contributed by atoms with E-state index in [0.717, 1.165) is 55.8 Å². The predicted molar refractivity (Wildman–Crippen MR) is 249 cm³/mol. The van der Waals surface area contributed by atoms with Crippen LogP contribution in [-0.2, 0) is 0 Å². The minimum Gasteiger partial charge on any atom is -0.455 e. The van der Waals surface area contributed by atoms with Crippen LogP contribution in [0.5, 0.6) is 0 Å². The Bertz CT molecular complexity index is 3280. The van der Waals surface area contributed by atoms with Gasteiger partial charge in [-0.25, -0.2) is 0 Å². The summed E-state index contributed by atoms with van der Waals surface area (Å²) in [6.07, 6.45) is 0. The fourth-order valence-corrected chi connectivity index (χ4v) is 9.04. The molecule has 9 aromatic carbocycles. The number of anilines is 3. The first kappa shape index (κ1) is 34.6. The van der Waals surface area contributed by atoms with E-state index < -0.39 is 0 Å². The van der Waals surface area contributed by atoms with Crippen LogP contribution in [0, 0.1) is 13.8 Å². The minimum atomic E-state index is 0.864. The molecule has 3 nitrogen and oxygen atoms in total. The van der Waals surface area contributed by atoms with Crippen LogP contribution < -0.4 is 4.90 Å². The van der Waals surface area contributed by atoms with Crippen molar-refractivity contribution in [2.75, 3.05) is 4.90 Å². The maximum atomic E-state index is 6.91. The Morgan fingerprint density at radius 3 is 1.66 bits per heavy atom. The summed E-state index contributed by atoms with van der Waals surface area (Å²) in [5.41, 5.74) is 17.8. The molecule has 0 spiro atoms. The molecule has 0 bridgehead atoms. The van der Waals surface area contributed by atoms with Gasteiger partial charge in [0.2, 0.25) is 0 Å². The lowest BCUT2D eigenvalue weighted by molar-refractivity contribution is 0.670. The second-order valence-electron chi connectivity index (χ2n) is 15.4. The Labute approximate surface area is 343 Å². The molecule has 0 radical (unpaired) electrons. The third-order valence-corrected chi connectivity index (χ3v) is 11.8. The molecule has 2 heterocycles. The number of fused-ring (bicyclic) bond motifs is 6. The molecule has 0 aliphatic rings. The van der Waals surface area contributed by atoms with Gasteiger partial charge in [0.15, 0.2) is 0 Å². The van der Waals surface area contributed by atoms with Crippen LogP contribution in [0.4, 0.5) is 17.1 Å². The fraction of sp³-hybridized carbons (Fsp3) is 0.0357. The summed E-state index contributed by atoms with van der Waals surface area (Å²) in [4.78, 5) is 2.43. The zero-order valence-corrected chi connectivity index (χ0v) is 32.9. The molecule has 3 heteroatoms. The molecule has 0 saturated heterocycles. The van der Waals surface area contributed by atoms with Crippen molar-refractivity contribution in [2.45, 2.75) is 13.8 Å². The largest absolute Gasteiger partial charge is 0.455 e. The van der Waals surface area contributed by atoms with E-state index in [0.29, 0.717) is 0 Å². The van der Waals surface area contributed by atoms with Gasteiger partial charge in [-0.05, 0) is 120 Å². The minimum absolute atomic E-state index is 0.864. The van der Waals surface area contributed by atoms with E-state index in [2.05, 4.69) is 230 Å². The Morgan fingerprint density at radius 1 is 0.424 bits per heavy atom. The maximum absolute atomic E-state index is 6.91. The zero-order valence-electron chi connectivity index (χ0n) is 32.9. The summed E-state index contributed by atoms with van der Waals surface area (Å²) < 4.78 is 9.27. The van der Waals surface area contributed by atoms with E-state index in [9.17, 15) is 0 Å². The molecule has 0 aliphatic heterocycles. The predicted octanol–water partition coefficient (Wildman–Crippen LogP) is 15.8. The summed E-state index contributed by atoms with van der Waals surface area (Å²) >= 11 is 0. The van der Waals surface area contributed by atoms with Gasteiger partial charge in [0, 0.05) is 38.8 Å². The second kappa shape index (κ2) is 14.1. The fourth-order valence-electron chi connectivity index (χ4n) is 9.04. The van der Waals surface area contributed by atoms with Gasteiger partial charge in [-0.3, -0.25) is 0 Å². The summed E-state index contributed by atoms with van der Waals surface area (Å²) in [5.74, 6) is 0. The number of rotatable bonds is 7. The summed E-state index contributed by atoms with van der Waals surface area (Å²) in [5, 5.41) is 4.68. The number of aryl methyl sites for hydroxylation is 2. The van der Waals surface area contributed by atoms with E-state index in [1.807, 2.05) is 0 Å². The monoisotopic (exact) mass is 756 g/mol. The molecule has 0 aliphatic carbocycles. The van der Waals surface area contributed by atoms with Crippen molar-refractivity contribution in [2.24, 2.45) is 0 Å². The molecular weight excluding hydrogens is 717 g/mol. The lowest BCUT2D eigenvalue weighted by atomic mass is 9.91. The number of aromatic nitrogens is 1. The molecule has 0 amide bonds. The van der Waals surface area contributed by atoms with Crippen molar-refractivity contribution in [3.8, 4) is 39.1 Å². The number of para-hydroxylation sites is 3. The molecule has 0 atom stereocenters. The highest BCUT2D eigenvalue weighted by molar-refractivity contribution is 6.17. The first-order valence-electron chi connectivity index (χ1n) is 20.3. The smallest absolute Gasteiger partial charge is 0.145 e. The van der Waals surface area contributed by atoms with Crippen LogP contribution in [-0.4, -0.2) is 4.57 Å². The molecule has 11 aromatic rings. The molecular formula is C56H40N2O. The van der Waals surface area contributed by atoms with Crippen molar-refractivity contribution >= 4 is 60.8 Å². The number of benzene rings is 9. The molecule has 2 aromatic heterocycles. The highest BCUT2D eigenvalue weighted by atomic mass is 16.3. The van der Waals surface area contributed by atoms with Crippen molar-refractivity contribution in [1.82, 2.24) is 4.57 Å². The molecule has 280 valence electrons. The van der Waals surface area contributed by atoms with E-state index in [1.54, 1.807) is 0 Å². The molecule has 0 N–H and O–H groups in total. The molecule has 59 heavy (non-hydrogen) atoms. The number of nitrogens with zero attached hydrogens (tertiary/aromatic N) is 2. The van der Waals surface area contributed by atoms with Crippen LogP contribution in [0.25, 0.3) is 82.8 Å². The third-order valence-electron chi connectivity index (χ3n) is 11.8. The summed E-state index contributed by atoms with van der Waals surface area (Å²) in [6.45, 7) is 4.40. The number of hydrogen-bond acceptors (Lipinski definition) is 2.